The highest BCUT2D eigenvalue weighted by molar-refractivity contribution is 5.57. The van der Waals surface area contributed by atoms with Crippen molar-refractivity contribution in [3.8, 4) is 17.2 Å². The highest BCUT2D eigenvalue weighted by Gasteiger charge is 2.08. The largest absolute Gasteiger partial charge is 0.264 e. The summed E-state index contributed by atoms with van der Waals surface area (Å²) in [4.78, 5) is 12.9. The SMILES string of the molecule is Cc1cc(C)n(-c2nccc(-c3cccnc3)n2)n1. The first-order chi connectivity index (χ1) is 9.24. The van der Waals surface area contributed by atoms with Gasteiger partial charge >= 0.3 is 0 Å². The molecule has 0 spiro atoms. The molecule has 5 heteroatoms. The number of pyridine rings is 1. The molecule has 0 aromatic carbocycles. The Balaban J connectivity index is 2.08. The second-order valence-electron chi connectivity index (χ2n) is 4.32. The molecule has 0 bridgehead atoms. The van der Waals surface area contributed by atoms with Crippen molar-refractivity contribution < 1.29 is 0 Å². The zero-order valence-electron chi connectivity index (χ0n) is 10.8. The van der Waals surface area contributed by atoms with Crippen molar-refractivity contribution in [2.75, 3.05) is 0 Å². The lowest BCUT2D eigenvalue weighted by Gasteiger charge is -2.04. The summed E-state index contributed by atoms with van der Waals surface area (Å²) in [5.41, 5.74) is 3.77. The highest BCUT2D eigenvalue weighted by atomic mass is 15.4. The Labute approximate surface area is 111 Å². The predicted molar refractivity (Wildman–Crippen MR) is 71.9 cm³/mol. The number of hydrogen-bond acceptors (Lipinski definition) is 4. The average Bonchev–Trinajstić information content (AvgIpc) is 2.79. The van der Waals surface area contributed by atoms with Gasteiger partial charge in [-0.1, -0.05) is 0 Å². The predicted octanol–water partition coefficient (Wildman–Crippen LogP) is 2.34. The third-order valence-electron chi connectivity index (χ3n) is 2.80. The summed E-state index contributed by atoms with van der Waals surface area (Å²) >= 11 is 0. The molecule has 0 saturated heterocycles. The fourth-order valence-electron chi connectivity index (χ4n) is 1.96. The van der Waals surface area contributed by atoms with Crippen LogP contribution in [0.25, 0.3) is 17.2 Å². The van der Waals surface area contributed by atoms with Crippen LogP contribution in [-0.2, 0) is 0 Å². The van der Waals surface area contributed by atoms with Gasteiger partial charge in [-0.2, -0.15) is 5.10 Å². The Morgan fingerprint density at radius 1 is 1.11 bits per heavy atom. The number of aryl methyl sites for hydroxylation is 2. The van der Waals surface area contributed by atoms with E-state index in [9.17, 15) is 0 Å². The van der Waals surface area contributed by atoms with Crippen LogP contribution in [0, 0.1) is 13.8 Å². The van der Waals surface area contributed by atoms with Crippen LogP contribution >= 0.6 is 0 Å². The summed E-state index contributed by atoms with van der Waals surface area (Å²) in [5, 5.41) is 4.39. The van der Waals surface area contributed by atoms with Crippen LogP contribution in [0.15, 0.2) is 42.9 Å². The summed E-state index contributed by atoms with van der Waals surface area (Å²) < 4.78 is 1.75. The lowest BCUT2D eigenvalue weighted by atomic mass is 10.2. The van der Waals surface area contributed by atoms with E-state index in [1.165, 1.54) is 0 Å². The van der Waals surface area contributed by atoms with Crippen LogP contribution in [0.4, 0.5) is 0 Å². The molecule has 0 aliphatic heterocycles. The van der Waals surface area contributed by atoms with Crippen LogP contribution in [0.2, 0.25) is 0 Å². The third kappa shape index (κ3) is 2.22. The first kappa shape index (κ1) is 11.5. The summed E-state index contributed by atoms with van der Waals surface area (Å²) in [6.07, 6.45) is 5.26. The smallest absolute Gasteiger partial charge is 0.251 e. The molecule has 94 valence electrons. The first-order valence-corrected chi connectivity index (χ1v) is 6.01. The van der Waals surface area contributed by atoms with Crippen molar-refractivity contribution in [1.29, 1.82) is 0 Å². The minimum Gasteiger partial charge on any atom is -0.264 e. The van der Waals surface area contributed by atoms with E-state index in [1.54, 1.807) is 23.3 Å². The normalized spacial score (nSPS) is 10.6. The van der Waals surface area contributed by atoms with Crippen molar-refractivity contribution >= 4 is 0 Å². The van der Waals surface area contributed by atoms with Gasteiger partial charge in [0, 0.05) is 29.8 Å². The van der Waals surface area contributed by atoms with Crippen molar-refractivity contribution in [1.82, 2.24) is 24.7 Å². The van der Waals surface area contributed by atoms with E-state index < -0.39 is 0 Å². The molecule has 0 atom stereocenters. The second-order valence-corrected chi connectivity index (χ2v) is 4.32. The standard InChI is InChI=1S/C14H13N5/c1-10-8-11(2)19(18-10)14-16-7-5-13(17-14)12-4-3-6-15-9-12/h3-9H,1-2H3. The Morgan fingerprint density at radius 2 is 2.00 bits per heavy atom. The lowest BCUT2D eigenvalue weighted by molar-refractivity contribution is 0.775. The second kappa shape index (κ2) is 4.61. The van der Waals surface area contributed by atoms with Gasteiger partial charge in [0.15, 0.2) is 0 Å². The van der Waals surface area contributed by atoms with Crippen molar-refractivity contribution in [2.24, 2.45) is 0 Å². The Kier molecular flexibility index (Phi) is 2.79. The maximum Gasteiger partial charge on any atom is 0.251 e. The van der Waals surface area contributed by atoms with Gasteiger partial charge in [0.1, 0.15) is 0 Å². The number of hydrogen-bond donors (Lipinski definition) is 0. The molecule has 0 unspecified atom stereocenters. The van der Waals surface area contributed by atoms with Gasteiger partial charge in [-0.05, 0) is 38.1 Å². The molecule has 3 heterocycles. The van der Waals surface area contributed by atoms with Gasteiger partial charge in [0.05, 0.1) is 11.4 Å². The fraction of sp³-hybridized carbons (Fsp3) is 0.143. The molecule has 0 N–H and O–H groups in total. The molecular formula is C14H13N5. The van der Waals surface area contributed by atoms with Crippen molar-refractivity contribution in [3.05, 3.63) is 54.2 Å². The fourth-order valence-corrected chi connectivity index (χ4v) is 1.96. The summed E-state index contributed by atoms with van der Waals surface area (Å²) in [6.45, 7) is 3.94. The molecule has 19 heavy (non-hydrogen) atoms. The van der Waals surface area contributed by atoms with E-state index in [-0.39, 0.29) is 0 Å². The van der Waals surface area contributed by atoms with E-state index in [0.29, 0.717) is 5.95 Å². The monoisotopic (exact) mass is 251 g/mol. The maximum atomic E-state index is 4.54. The minimum atomic E-state index is 0.576. The molecule has 3 aromatic heterocycles. The molecule has 3 rings (SSSR count). The van der Waals surface area contributed by atoms with Gasteiger partial charge in [-0.15, -0.1) is 0 Å². The lowest BCUT2D eigenvalue weighted by Crippen LogP contribution is -2.05. The van der Waals surface area contributed by atoms with Crippen molar-refractivity contribution in [2.45, 2.75) is 13.8 Å². The van der Waals surface area contributed by atoms with Crippen molar-refractivity contribution in [3.63, 3.8) is 0 Å². The van der Waals surface area contributed by atoms with Gasteiger partial charge in [-0.25, -0.2) is 14.6 Å². The number of nitrogens with zero attached hydrogens (tertiary/aromatic N) is 5. The van der Waals surface area contributed by atoms with Crippen LogP contribution < -0.4 is 0 Å². The van der Waals surface area contributed by atoms with E-state index >= 15 is 0 Å². The van der Waals surface area contributed by atoms with Crippen LogP contribution in [0.1, 0.15) is 11.4 Å². The van der Waals surface area contributed by atoms with Gasteiger partial charge in [0.25, 0.3) is 5.95 Å². The zero-order chi connectivity index (χ0) is 13.2. The van der Waals surface area contributed by atoms with E-state index in [2.05, 4.69) is 20.1 Å². The Bertz CT molecular complexity index is 703. The summed E-state index contributed by atoms with van der Waals surface area (Å²) in [7, 11) is 0. The highest BCUT2D eigenvalue weighted by Crippen LogP contribution is 2.16. The van der Waals surface area contributed by atoms with Crippen LogP contribution in [0.3, 0.4) is 0 Å². The first-order valence-electron chi connectivity index (χ1n) is 6.01. The number of rotatable bonds is 2. The molecule has 0 radical (unpaired) electrons. The maximum absolute atomic E-state index is 4.54. The third-order valence-corrected chi connectivity index (χ3v) is 2.80. The van der Waals surface area contributed by atoms with Crippen LogP contribution in [-0.4, -0.2) is 24.7 Å². The molecule has 0 amide bonds. The van der Waals surface area contributed by atoms with E-state index in [1.807, 2.05) is 38.1 Å². The molecule has 3 aromatic rings. The minimum absolute atomic E-state index is 0.576. The van der Waals surface area contributed by atoms with Crippen LogP contribution in [0.5, 0.6) is 0 Å². The molecule has 0 aliphatic carbocycles. The molecule has 0 fully saturated rings. The Morgan fingerprint density at radius 3 is 2.68 bits per heavy atom. The topological polar surface area (TPSA) is 56.5 Å². The average molecular weight is 251 g/mol. The summed E-state index contributed by atoms with van der Waals surface area (Å²) in [5.74, 6) is 0.576. The van der Waals surface area contributed by atoms with E-state index in [4.69, 9.17) is 0 Å². The molecule has 0 aliphatic rings. The van der Waals surface area contributed by atoms with E-state index in [0.717, 1.165) is 22.6 Å². The quantitative estimate of drug-likeness (QED) is 0.701. The Hall–Kier alpha value is -2.56. The molecular weight excluding hydrogens is 238 g/mol. The molecule has 0 saturated carbocycles. The summed E-state index contributed by atoms with van der Waals surface area (Å²) in [6, 6.07) is 7.73. The zero-order valence-corrected chi connectivity index (χ0v) is 10.8. The molecule has 5 nitrogen and oxygen atoms in total. The van der Waals surface area contributed by atoms with Gasteiger partial charge in [0.2, 0.25) is 0 Å². The van der Waals surface area contributed by atoms with Gasteiger partial charge in [-0.3, -0.25) is 4.98 Å². The number of aromatic nitrogens is 5. The van der Waals surface area contributed by atoms with Gasteiger partial charge < -0.3 is 0 Å².